The Hall–Kier alpha value is -0.610. The van der Waals surface area contributed by atoms with Gasteiger partial charge in [-0.1, -0.05) is 0 Å². The van der Waals surface area contributed by atoms with Crippen molar-refractivity contribution in [3.8, 4) is 0 Å². The van der Waals surface area contributed by atoms with E-state index in [1.54, 1.807) is 11.8 Å². The van der Waals surface area contributed by atoms with E-state index in [2.05, 4.69) is 0 Å². The molecular formula is C10H17NO3. The van der Waals surface area contributed by atoms with Crippen LogP contribution in [0.3, 0.4) is 0 Å². The van der Waals surface area contributed by atoms with E-state index in [0.717, 1.165) is 6.42 Å². The van der Waals surface area contributed by atoms with Crippen molar-refractivity contribution in [2.24, 2.45) is 5.92 Å². The number of hydrogen-bond acceptors (Lipinski definition) is 3. The third kappa shape index (κ3) is 1.17. The van der Waals surface area contributed by atoms with E-state index < -0.39 is 11.8 Å². The maximum absolute atomic E-state index is 11.7. The molecule has 1 amide bonds. The van der Waals surface area contributed by atoms with Crippen LogP contribution < -0.4 is 0 Å². The summed E-state index contributed by atoms with van der Waals surface area (Å²) in [5.41, 5.74) is -0.495. The molecule has 0 aromatic carbocycles. The maximum Gasteiger partial charge on any atom is 0.232 e. The Kier molecular flexibility index (Phi) is 2.08. The first-order chi connectivity index (χ1) is 6.45. The molecule has 0 radical (unpaired) electrons. The highest BCUT2D eigenvalue weighted by Gasteiger charge is 2.56. The lowest BCUT2D eigenvalue weighted by molar-refractivity contribution is -0.240. The van der Waals surface area contributed by atoms with Crippen LogP contribution in [-0.2, 0) is 9.53 Å². The molecule has 0 bridgehead atoms. The summed E-state index contributed by atoms with van der Waals surface area (Å²) in [7, 11) is 0. The van der Waals surface area contributed by atoms with Gasteiger partial charge in [0.05, 0.1) is 24.7 Å². The zero-order valence-corrected chi connectivity index (χ0v) is 8.86. The van der Waals surface area contributed by atoms with Crippen LogP contribution in [0.4, 0.5) is 0 Å². The van der Waals surface area contributed by atoms with Crippen molar-refractivity contribution in [3.63, 3.8) is 0 Å². The van der Waals surface area contributed by atoms with Gasteiger partial charge in [0.15, 0.2) is 0 Å². The molecule has 0 aliphatic carbocycles. The number of hydrogen-bond donors (Lipinski definition) is 1. The molecule has 14 heavy (non-hydrogen) atoms. The highest BCUT2D eigenvalue weighted by molar-refractivity contribution is 5.87. The van der Waals surface area contributed by atoms with Gasteiger partial charge in [-0.3, -0.25) is 4.79 Å². The number of fused-ring (bicyclic) bond motifs is 1. The van der Waals surface area contributed by atoms with Gasteiger partial charge in [-0.25, -0.2) is 0 Å². The number of ether oxygens (including phenoxy) is 1. The van der Waals surface area contributed by atoms with Crippen LogP contribution in [0.15, 0.2) is 0 Å². The summed E-state index contributed by atoms with van der Waals surface area (Å²) in [6.07, 6.45) is 0.294. The summed E-state index contributed by atoms with van der Waals surface area (Å²) < 4.78 is 5.52. The van der Waals surface area contributed by atoms with Gasteiger partial charge in [0.25, 0.3) is 0 Å². The number of nitrogens with zero attached hydrogens (tertiary/aromatic N) is 1. The van der Waals surface area contributed by atoms with E-state index in [0.29, 0.717) is 6.61 Å². The van der Waals surface area contributed by atoms with E-state index >= 15 is 0 Å². The Morgan fingerprint density at radius 2 is 2.29 bits per heavy atom. The lowest BCUT2D eigenvalue weighted by Crippen LogP contribution is -2.73. The molecule has 0 saturated carbocycles. The van der Waals surface area contributed by atoms with Gasteiger partial charge >= 0.3 is 0 Å². The van der Waals surface area contributed by atoms with Gasteiger partial charge in [0, 0.05) is 0 Å². The van der Waals surface area contributed by atoms with Crippen LogP contribution >= 0.6 is 0 Å². The van der Waals surface area contributed by atoms with Gasteiger partial charge in [-0.15, -0.1) is 0 Å². The molecule has 2 unspecified atom stereocenters. The summed E-state index contributed by atoms with van der Waals surface area (Å²) in [5.74, 6) is -0.187. The van der Waals surface area contributed by atoms with Gasteiger partial charge in [0.2, 0.25) is 5.91 Å². The number of carbonyl (C=O) groups is 1. The number of β-lactam (4-membered cyclic amide) rings is 1. The minimum Gasteiger partial charge on any atom is -0.393 e. The quantitative estimate of drug-likeness (QED) is 0.620. The average Bonchev–Trinajstić information content (AvgIpc) is 1.99. The molecular weight excluding hydrogens is 182 g/mol. The van der Waals surface area contributed by atoms with Crippen LogP contribution in [0.2, 0.25) is 0 Å². The second kappa shape index (κ2) is 2.94. The largest absolute Gasteiger partial charge is 0.393 e. The van der Waals surface area contributed by atoms with Gasteiger partial charge in [-0.2, -0.15) is 0 Å². The van der Waals surface area contributed by atoms with E-state index in [4.69, 9.17) is 4.74 Å². The average molecular weight is 199 g/mol. The predicted octanol–water partition coefficient (Wildman–Crippen LogP) is 0.351. The van der Waals surface area contributed by atoms with E-state index in [1.807, 2.05) is 13.8 Å². The van der Waals surface area contributed by atoms with Crippen molar-refractivity contribution >= 4 is 5.91 Å². The second-order valence-electron chi connectivity index (χ2n) is 4.63. The molecule has 2 rings (SSSR count). The predicted molar refractivity (Wildman–Crippen MR) is 50.5 cm³/mol. The topological polar surface area (TPSA) is 49.8 Å². The van der Waals surface area contributed by atoms with Gasteiger partial charge in [-0.05, 0) is 27.2 Å². The van der Waals surface area contributed by atoms with Crippen LogP contribution in [0.5, 0.6) is 0 Å². The van der Waals surface area contributed by atoms with Crippen LogP contribution in [0.25, 0.3) is 0 Å². The number of rotatable bonds is 1. The fourth-order valence-electron chi connectivity index (χ4n) is 2.57. The first-order valence-corrected chi connectivity index (χ1v) is 5.10. The smallest absolute Gasteiger partial charge is 0.232 e. The minimum atomic E-state index is -0.544. The first kappa shape index (κ1) is 9.93. The van der Waals surface area contributed by atoms with Gasteiger partial charge in [0.1, 0.15) is 5.72 Å². The molecule has 0 aromatic rings. The number of carbonyl (C=O) groups excluding carboxylic acids is 1. The summed E-state index contributed by atoms with van der Waals surface area (Å²) in [4.78, 5) is 13.5. The Labute approximate surface area is 83.8 Å². The monoisotopic (exact) mass is 199 g/mol. The van der Waals surface area contributed by atoms with Crippen molar-refractivity contribution in [3.05, 3.63) is 0 Å². The minimum absolute atomic E-state index is 0.0229. The fraction of sp³-hybridized carbons (Fsp3) is 0.900. The third-order valence-corrected chi connectivity index (χ3v) is 3.24. The molecule has 0 spiro atoms. The molecule has 80 valence electrons. The Morgan fingerprint density at radius 3 is 2.86 bits per heavy atom. The number of amides is 1. The molecule has 4 nitrogen and oxygen atoms in total. The van der Waals surface area contributed by atoms with Crippen molar-refractivity contribution in [2.75, 3.05) is 6.61 Å². The van der Waals surface area contributed by atoms with Crippen molar-refractivity contribution in [1.29, 1.82) is 0 Å². The Morgan fingerprint density at radius 1 is 1.64 bits per heavy atom. The van der Waals surface area contributed by atoms with Gasteiger partial charge < -0.3 is 14.7 Å². The Bertz CT molecular complexity index is 262. The summed E-state index contributed by atoms with van der Waals surface area (Å²) >= 11 is 0. The molecule has 0 aromatic heterocycles. The molecule has 3 atom stereocenters. The Balaban J connectivity index is 2.17. The summed E-state index contributed by atoms with van der Waals surface area (Å²) in [5, 5.41) is 9.46. The zero-order chi connectivity index (χ0) is 10.5. The summed E-state index contributed by atoms with van der Waals surface area (Å²) in [6, 6.07) is 0.172. The molecule has 1 N–H and O–H groups in total. The van der Waals surface area contributed by atoms with E-state index in [1.165, 1.54) is 0 Å². The van der Waals surface area contributed by atoms with Crippen molar-refractivity contribution in [1.82, 2.24) is 4.90 Å². The third-order valence-electron chi connectivity index (χ3n) is 3.24. The molecule has 4 heteroatoms. The lowest BCUT2D eigenvalue weighted by Gasteiger charge is -2.58. The standard InChI is InChI=1S/C10H17NO3/c1-6(12)8-7-4-5-14-10(2,3)11(7)9(8)13/h6-8,12H,4-5H2,1-3H3/t6?,7?,8-/m1/s1. The second-order valence-corrected chi connectivity index (χ2v) is 4.63. The SMILES string of the molecule is CC(O)[C@H]1C(=O)N2C1CCOC2(C)C. The number of aliphatic hydroxyl groups is 1. The van der Waals surface area contributed by atoms with Crippen molar-refractivity contribution < 1.29 is 14.6 Å². The molecule has 2 aliphatic rings. The normalized spacial score (nSPS) is 37.4. The highest BCUT2D eigenvalue weighted by Crippen LogP contribution is 2.41. The van der Waals surface area contributed by atoms with Crippen LogP contribution in [0, 0.1) is 5.92 Å². The zero-order valence-electron chi connectivity index (χ0n) is 8.86. The molecule has 2 aliphatic heterocycles. The molecule has 2 heterocycles. The molecule has 2 saturated heterocycles. The summed E-state index contributed by atoms with van der Waals surface area (Å²) in [6.45, 7) is 6.15. The number of aliphatic hydroxyl groups excluding tert-OH is 1. The van der Waals surface area contributed by atoms with E-state index in [-0.39, 0.29) is 17.9 Å². The van der Waals surface area contributed by atoms with Crippen molar-refractivity contribution in [2.45, 2.75) is 45.1 Å². The maximum atomic E-state index is 11.7. The van der Waals surface area contributed by atoms with Crippen LogP contribution in [-0.4, -0.2) is 40.4 Å². The van der Waals surface area contributed by atoms with E-state index in [9.17, 15) is 9.90 Å². The highest BCUT2D eigenvalue weighted by atomic mass is 16.5. The molecule has 2 fully saturated rings. The van der Waals surface area contributed by atoms with Crippen LogP contribution in [0.1, 0.15) is 27.2 Å². The fourth-order valence-corrected chi connectivity index (χ4v) is 2.57. The lowest BCUT2D eigenvalue weighted by atomic mass is 9.79. The first-order valence-electron chi connectivity index (χ1n) is 5.10.